The first-order valence-electron chi connectivity index (χ1n) is 6.08. The van der Waals surface area contributed by atoms with E-state index in [1.807, 2.05) is 0 Å². The van der Waals surface area contributed by atoms with Crippen molar-refractivity contribution in [3.63, 3.8) is 0 Å². The van der Waals surface area contributed by atoms with Gasteiger partial charge in [-0.2, -0.15) is 0 Å². The first kappa shape index (κ1) is 14.3. The van der Waals surface area contributed by atoms with Crippen molar-refractivity contribution in [3.8, 4) is 0 Å². The van der Waals surface area contributed by atoms with Crippen LogP contribution in [-0.2, 0) is 10.0 Å². The number of nitrogens with zero attached hydrogens (tertiary/aromatic N) is 1. The number of alkyl halides is 1. The number of hydrogen-bond acceptors (Lipinski definition) is 3. The molecule has 0 saturated heterocycles. The summed E-state index contributed by atoms with van der Waals surface area (Å²) in [6.07, 6.45) is 0.833. The summed E-state index contributed by atoms with van der Waals surface area (Å²) in [5, 5.41) is 0. The van der Waals surface area contributed by atoms with Gasteiger partial charge in [-0.05, 0) is 24.0 Å². The number of halogens is 1. The third-order valence-electron chi connectivity index (χ3n) is 3.10. The number of nitrogens with one attached hydrogen (secondary N) is 1. The van der Waals surface area contributed by atoms with E-state index in [0.29, 0.717) is 28.7 Å². The number of amidine groups is 1. The van der Waals surface area contributed by atoms with Gasteiger partial charge in [0.2, 0.25) is 0 Å². The maximum Gasteiger partial charge on any atom is 0.263 e. The van der Waals surface area contributed by atoms with Crippen LogP contribution in [0.15, 0.2) is 34.2 Å². The lowest BCUT2D eigenvalue weighted by molar-refractivity contribution is 0.368. The van der Waals surface area contributed by atoms with E-state index in [0.717, 1.165) is 6.42 Å². The van der Waals surface area contributed by atoms with E-state index in [1.165, 1.54) is 0 Å². The molecule has 0 fully saturated rings. The quantitative estimate of drug-likeness (QED) is 0.868. The molecule has 0 aromatic heterocycles. The normalized spacial score (nSPS) is 19.2. The lowest BCUT2D eigenvalue weighted by Crippen LogP contribution is -2.25. The highest BCUT2D eigenvalue weighted by Gasteiger charge is 2.30. The molecule has 2 rings (SSSR count). The predicted octanol–water partition coefficient (Wildman–Crippen LogP) is 2.38. The number of benzene rings is 1. The zero-order valence-corrected chi connectivity index (χ0v) is 12.6. The van der Waals surface area contributed by atoms with E-state index in [1.54, 1.807) is 24.3 Å². The highest BCUT2D eigenvalue weighted by molar-refractivity contribution is 7.90. The number of aliphatic imine (C=N–C) groups is 1. The highest BCUT2D eigenvalue weighted by Crippen LogP contribution is 2.25. The maximum atomic E-state index is 11.9. The molecule has 0 radical (unpaired) electrons. The van der Waals surface area contributed by atoms with Gasteiger partial charge in [0.25, 0.3) is 10.0 Å². The molecule has 104 valence electrons. The highest BCUT2D eigenvalue weighted by atomic mass is 35.5. The molecule has 6 heteroatoms. The monoisotopic (exact) mass is 300 g/mol. The topological polar surface area (TPSA) is 58.5 Å². The lowest BCUT2D eigenvalue weighted by atomic mass is 9.90. The van der Waals surface area contributed by atoms with E-state index in [-0.39, 0.29) is 5.41 Å². The Bertz CT molecular complexity index is 609. The molecule has 1 N–H and O–H groups in total. The summed E-state index contributed by atoms with van der Waals surface area (Å²) in [4.78, 5) is 4.71. The van der Waals surface area contributed by atoms with Gasteiger partial charge in [-0.3, -0.25) is 9.71 Å². The smallest absolute Gasteiger partial charge is 0.263 e. The third-order valence-corrected chi connectivity index (χ3v) is 4.69. The minimum atomic E-state index is -3.44. The van der Waals surface area contributed by atoms with Crippen molar-refractivity contribution in [3.05, 3.63) is 29.8 Å². The summed E-state index contributed by atoms with van der Waals surface area (Å²) >= 11 is 5.75. The number of rotatable bonds is 4. The van der Waals surface area contributed by atoms with Crippen molar-refractivity contribution in [2.45, 2.75) is 25.2 Å². The summed E-state index contributed by atoms with van der Waals surface area (Å²) in [5.41, 5.74) is 0.599. The van der Waals surface area contributed by atoms with Crippen molar-refractivity contribution in [2.24, 2.45) is 10.4 Å². The molecule has 1 aromatic rings. The second-order valence-electron chi connectivity index (χ2n) is 5.37. The summed E-state index contributed by atoms with van der Waals surface area (Å²) in [6.45, 7) is 4.66. The fourth-order valence-electron chi connectivity index (χ4n) is 1.88. The van der Waals surface area contributed by atoms with E-state index in [4.69, 9.17) is 11.6 Å². The Morgan fingerprint density at radius 3 is 2.68 bits per heavy atom. The molecule has 1 aliphatic rings. The van der Waals surface area contributed by atoms with E-state index >= 15 is 0 Å². The molecular formula is C13H17ClN2O2S. The van der Waals surface area contributed by atoms with Crippen molar-refractivity contribution in [1.29, 1.82) is 0 Å². The molecule has 0 spiro atoms. The average Bonchev–Trinajstić information content (AvgIpc) is 2.60. The van der Waals surface area contributed by atoms with Crippen LogP contribution in [0.5, 0.6) is 0 Å². The van der Waals surface area contributed by atoms with Crippen molar-refractivity contribution in [1.82, 2.24) is 4.72 Å². The van der Waals surface area contributed by atoms with Gasteiger partial charge in [-0.15, -0.1) is 11.6 Å². The molecule has 1 aromatic carbocycles. The second kappa shape index (κ2) is 5.13. The Kier molecular flexibility index (Phi) is 3.87. The molecule has 0 saturated carbocycles. The van der Waals surface area contributed by atoms with Crippen LogP contribution in [0.2, 0.25) is 0 Å². The van der Waals surface area contributed by atoms with Gasteiger partial charge in [0.1, 0.15) is 5.84 Å². The van der Waals surface area contributed by atoms with Gasteiger partial charge in [0.15, 0.2) is 0 Å². The second-order valence-corrected chi connectivity index (χ2v) is 7.40. The Hall–Kier alpha value is -1.07. The van der Waals surface area contributed by atoms with Crippen LogP contribution in [-0.4, -0.2) is 26.7 Å². The third kappa shape index (κ3) is 3.09. The van der Waals surface area contributed by atoms with Gasteiger partial charge in [-0.25, -0.2) is 8.42 Å². The van der Waals surface area contributed by atoms with E-state index in [9.17, 15) is 8.42 Å². The molecule has 0 atom stereocenters. The van der Waals surface area contributed by atoms with Crippen LogP contribution < -0.4 is 4.72 Å². The molecule has 1 aliphatic heterocycles. The Morgan fingerprint density at radius 1 is 1.32 bits per heavy atom. The summed E-state index contributed by atoms with van der Waals surface area (Å²) in [6, 6.07) is 6.86. The average molecular weight is 301 g/mol. The van der Waals surface area contributed by atoms with Gasteiger partial charge in [0.05, 0.1) is 4.90 Å². The van der Waals surface area contributed by atoms with Crippen molar-refractivity contribution in [2.75, 3.05) is 12.4 Å². The first-order valence-corrected chi connectivity index (χ1v) is 8.10. The molecule has 0 aliphatic carbocycles. The fraction of sp³-hybridized carbons (Fsp3) is 0.462. The minimum Gasteiger partial charge on any atom is -0.267 e. The lowest BCUT2D eigenvalue weighted by Gasteiger charge is -2.20. The summed E-state index contributed by atoms with van der Waals surface area (Å²) in [7, 11) is -3.44. The van der Waals surface area contributed by atoms with Crippen LogP contribution in [0.4, 0.5) is 0 Å². The zero-order chi connectivity index (χ0) is 14.1. The fourth-order valence-corrected chi connectivity index (χ4v) is 3.64. The molecule has 19 heavy (non-hydrogen) atoms. The first-order chi connectivity index (χ1) is 8.86. The molecule has 0 bridgehead atoms. The maximum absolute atomic E-state index is 11.9. The van der Waals surface area contributed by atoms with Crippen LogP contribution >= 0.6 is 11.6 Å². The van der Waals surface area contributed by atoms with Crippen LogP contribution in [0, 0.1) is 5.41 Å². The zero-order valence-electron chi connectivity index (χ0n) is 11.0. The van der Waals surface area contributed by atoms with Crippen LogP contribution in [0.3, 0.4) is 0 Å². The molecule has 1 heterocycles. The SMILES string of the molecule is CC(C)(CCCl)CN=C1NS(=O)(=O)c2ccccc21. The summed E-state index contributed by atoms with van der Waals surface area (Å²) < 4.78 is 26.3. The van der Waals surface area contributed by atoms with E-state index < -0.39 is 10.0 Å². The van der Waals surface area contributed by atoms with Gasteiger partial charge < -0.3 is 0 Å². The predicted molar refractivity (Wildman–Crippen MR) is 77.3 cm³/mol. The minimum absolute atomic E-state index is 0.0439. The Balaban J connectivity index is 2.29. The Labute approximate surface area is 118 Å². The van der Waals surface area contributed by atoms with Crippen LogP contribution in [0.1, 0.15) is 25.8 Å². The molecular weight excluding hydrogens is 284 g/mol. The van der Waals surface area contributed by atoms with Crippen LogP contribution in [0.25, 0.3) is 0 Å². The van der Waals surface area contributed by atoms with Gasteiger partial charge in [0, 0.05) is 18.0 Å². The van der Waals surface area contributed by atoms with Crippen molar-refractivity contribution < 1.29 is 8.42 Å². The van der Waals surface area contributed by atoms with Crippen molar-refractivity contribution >= 4 is 27.5 Å². The summed E-state index contributed by atoms with van der Waals surface area (Å²) in [5.74, 6) is 0.999. The largest absolute Gasteiger partial charge is 0.267 e. The van der Waals surface area contributed by atoms with Gasteiger partial charge in [-0.1, -0.05) is 26.0 Å². The molecule has 0 unspecified atom stereocenters. The van der Waals surface area contributed by atoms with Gasteiger partial charge >= 0.3 is 0 Å². The number of fused-ring (bicyclic) bond motifs is 1. The molecule has 4 nitrogen and oxygen atoms in total. The molecule has 0 amide bonds. The number of hydrogen-bond donors (Lipinski definition) is 1. The van der Waals surface area contributed by atoms with E-state index in [2.05, 4.69) is 23.6 Å². The standard InChI is InChI=1S/C13H17ClN2O2S/c1-13(2,7-8-14)9-15-12-10-5-3-4-6-11(10)19(17,18)16-12/h3-6H,7-9H2,1-2H3,(H,15,16). The number of sulfonamides is 1. The Morgan fingerprint density at radius 2 is 2.00 bits per heavy atom.